The highest BCUT2D eigenvalue weighted by atomic mass is 16.6. The zero-order valence-electron chi connectivity index (χ0n) is 32.7. The fourth-order valence-electron chi connectivity index (χ4n) is 6.69. The molecule has 4 rings (SSSR count). The molecule has 21 heteroatoms. The fraction of sp³-hybridized carbons (Fsp3) is 0.385. The summed E-state index contributed by atoms with van der Waals surface area (Å²) >= 11 is 0. The highest BCUT2D eigenvalue weighted by Crippen LogP contribution is 2.29. The summed E-state index contributed by atoms with van der Waals surface area (Å²) in [5.74, 6) is -4.15. The fourth-order valence-corrected chi connectivity index (χ4v) is 6.69. The normalized spacial score (nSPS) is 14.8. The van der Waals surface area contributed by atoms with Gasteiger partial charge in [0.15, 0.2) is 5.96 Å². The molecule has 0 spiro atoms. The van der Waals surface area contributed by atoms with Crippen molar-refractivity contribution in [3.63, 3.8) is 0 Å². The molecule has 0 aliphatic carbocycles. The maximum atomic E-state index is 14.1. The Morgan fingerprint density at radius 2 is 1.50 bits per heavy atom. The van der Waals surface area contributed by atoms with E-state index in [4.69, 9.17) is 17.2 Å². The molecule has 60 heavy (non-hydrogen) atoms. The van der Waals surface area contributed by atoms with Gasteiger partial charge in [0.25, 0.3) is 17.3 Å². The van der Waals surface area contributed by atoms with Gasteiger partial charge in [-0.1, -0.05) is 42.5 Å². The van der Waals surface area contributed by atoms with Crippen LogP contribution < -0.4 is 38.5 Å². The number of carbonyl (C=O) groups is 5. The number of aliphatic carboxylic acids is 1. The predicted molar refractivity (Wildman–Crippen MR) is 220 cm³/mol. The maximum absolute atomic E-state index is 14.1. The molecule has 1 aliphatic heterocycles. The van der Waals surface area contributed by atoms with Crippen LogP contribution in [0.5, 0.6) is 0 Å². The Labute approximate surface area is 344 Å². The van der Waals surface area contributed by atoms with E-state index in [1.54, 1.807) is 42.5 Å². The van der Waals surface area contributed by atoms with Gasteiger partial charge in [-0.3, -0.25) is 44.4 Å². The van der Waals surface area contributed by atoms with Gasteiger partial charge >= 0.3 is 5.97 Å². The number of nitrogens with two attached hydrogens (primary N) is 3. The largest absolute Gasteiger partial charge is 0.480 e. The summed E-state index contributed by atoms with van der Waals surface area (Å²) in [6, 6.07) is 13.5. The number of likely N-dealkylation sites (tertiary alicyclic amines) is 1. The zero-order valence-corrected chi connectivity index (χ0v) is 32.7. The third-order valence-electron chi connectivity index (χ3n) is 9.75. The van der Waals surface area contributed by atoms with E-state index in [9.17, 15) is 49.3 Å². The van der Waals surface area contributed by atoms with Crippen molar-refractivity contribution >= 4 is 58.3 Å². The van der Waals surface area contributed by atoms with Gasteiger partial charge in [0.2, 0.25) is 17.7 Å². The van der Waals surface area contributed by atoms with Crippen molar-refractivity contribution in [2.24, 2.45) is 16.5 Å². The van der Waals surface area contributed by atoms with Gasteiger partial charge in [-0.25, -0.2) is 4.79 Å². The van der Waals surface area contributed by atoms with Crippen LogP contribution in [0.3, 0.4) is 0 Å². The van der Waals surface area contributed by atoms with E-state index in [2.05, 4.69) is 26.3 Å². The number of nitrogens with one attached hydrogen (secondary N) is 4. The summed E-state index contributed by atoms with van der Waals surface area (Å²) in [5, 5.41) is 43.6. The molecular formula is C39H49N11O10. The lowest BCUT2D eigenvalue weighted by Crippen LogP contribution is -2.58. The average molecular weight is 832 g/mol. The van der Waals surface area contributed by atoms with Crippen LogP contribution in [0.25, 0.3) is 0 Å². The van der Waals surface area contributed by atoms with Gasteiger partial charge in [0.05, 0.1) is 21.5 Å². The second-order valence-electron chi connectivity index (χ2n) is 14.0. The number of guanidine groups is 1. The number of amides is 4. The first-order valence-electron chi connectivity index (χ1n) is 19.2. The number of non-ortho nitro benzene ring substituents is 1. The smallest absolute Gasteiger partial charge is 0.326 e. The molecular weight excluding hydrogens is 782 g/mol. The summed E-state index contributed by atoms with van der Waals surface area (Å²) in [6.07, 6.45) is 1.45. The van der Waals surface area contributed by atoms with Gasteiger partial charge in [0, 0.05) is 37.8 Å². The van der Waals surface area contributed by atoms with E-state index in [1.165, 1.54) is 23.1 Å². The Hall–Kier alpha value is -7.32. The minimum Gasteiger partial charge on any atom is -0.480 e. The molecule has 320 valence electrons. The molecule has 11 N–H and O–H groups in total. The molecule has 0 saturated carbocycles. The monoisotopic (exact) mass is 831 g/mol. The standard InChI is InChI=1S/C39H49N11O10/c40-27-13-5-4-12-26(27)34(51)47-31(22-24-10-2-1-3-11-24)36(53)45-29(15-8-20-44-39(41)42)35(52)46-30(37(54)48-21-9-16-32(48)38(55)56)14-6-7-19-43-28-18-17-25(49(57)58)23-33(28)50(59)60/h1-5,10-13,17-18,23,29-32,43H,6-9,14-16,19-22,40H2,(H,45,53)(H,46,52)(H,47,51)(H,55,56)(H4,41,42,44)/t29-,30-,31-,32-/m0/s1. The third-order valence-corrected chi connectivity index (χ3v) is 9.75. The second kappa shape index (κ2) is 22.0. The molecule has 1 aliphatic rings. The lowest BCUT2D eigenvalue weighted by molar-refractivity contribution is -0.393. The SMILES string of the molecule is NC(N)=NCCC[C@H](NC(=O)[C@H](Cc1ccccc1)NC(=O)c1ccccc1N)C(=O)N[C@@H](CCCCNc1ccc([N+](=O)[O-])cc1[N+](=O)[O-])C(=O)N1CCC[C@H]1C(=O)O. The molecule has 4 atom stereocenters. The van der Waals surface area contributed by atoms with Crippen molar-refractivity contribution in [3.8, 4) is 0 Å². The third kappa shape index (κ3) is 13.1. The van der Waals surface area contributed by atoms with Crippen molar-refractivity contribution in [2.75, 3.05) is 30.7 Å². The Morgan fingerprint density at radius 1 is 0.833 bits per heavy atom. The highest BCUT2D eigenvalue weighted by molar-refractivity contribution is 6.02. The first-order valence-corrected chi connectivity index (χ1v) is 19.2. The number of nitrogen functional groups attached to an aromatic ring is 1. The van der Waals surface area contributed by atoms with E-state index in [0.29, 0.717) is 18.4 Å². The zero-order chi connectivity index (χ0) is 43.8. The van der Waals surface area contributed by atoms with Crippen LogP contribution in [0.2, 0.25) is 0 Å². The number of carbonyl (C=O) groups excluding carboxylic acids is 4. The molecule has 0 unspecified atom stereocenters. The Balaban J connectivity index is 1.55. The summed E-state index contributed by atoms with van der Waals surface area (Å²) in [6.45, 7) is 0.371. The van der Waals surface area contributed by atoms with Crippen molar-refractivity contribution in [2.45, 2.75) is 75.5 Å². The molecule has 1 saturated heterocycles. The van der Waals surface area contributed by atoms with E-state index in [1.807, 2.05) is 0 Å². The van der Waals surface area contributed by atoms with Crippen LogP contribution in [0.15, 0.2) is 77.8 Å². The summed E-state index contributed by atoms with van der Waals surface area (Å²) in [7, 11) is 0. The molecule has 4 amide bonds. The van der Waals surface area contributed by atoms with Crippen LogP contribution in [0.4, 0.5) is 22.7 Å². The summed E-state index contributed by atoms with van der Waals surface area (Å²) in [4.78, 5) is 93.9. The van der Waals surface area contributed by atoms with Gasteiger partial charge in [-0.15, -0.1) is 0 Å². The topological polar surface area (TPSA) is 334 Å². The Kier molecular flexibility index (Phi) is 16.6. The van der Waals surface area contributed by atoms with Crippen molar-refractivity contribution in [1.82, 2.24) is 20.9 Å². The van der Waals surface area contributed by atoms with E-state index >= 15 is 0 Å². The van der Waals surface area contributed by atoms with Gasteiger partial charge < -0.3 is 48.5 Å². The predicted octanol–water partition coefficient (Wildman–Crippen LogP) is 1.81. The summed E-state index contributed by atoms with van der Waals surface area (Å²) in [5.41, 5.74) is 17.1. The maximum Gasteiger partial charge on any atom is 0.326 e. The van der Waals surface area contributed by atoms with E-state index in [-0.39, 0.29) is 81.1 Å². The van der Waals surface area contributed by atoms with Gasteiger partial charge in [0.1, 0.15) is 29.9 Å². The van der Waals surface area contributed by atoms with Crippen molar-refractivity contribution < 1.29 is 38.9 Å². The first kappa shape index (κ1) is 45.4. The second-order valence-corrected chi connectivity index (χ2v) is 14.0. The Morgan fingerprint density at radius 3 is 2.17 bits per heavy atom. The van der Waals surface area contributed by atoms with Crippen molar-refractivity contribution in [3.05, 3.63) is 104 Å². The number of carboxylic acid groups (broad SMARTS) is 1. The number of benzene rings is 3. The number of para-hydroxylation sites is 1. The highest BCUT2D eigenvalue weighted by Gasteiger charge is 2.38. The van der Waals surface area contributed by atoms with Gasteiger partial charge in [-0.2, -0.15) is 0 Å². The molecule has 0 aromatic heterocycles. The average Bonchev–Trinajstić information content (AvgIpc) is 3.72. The number of unbranched alkanes of at least 4 members (excludes halogenated alkanes) is 1. The minimum absolute atomic E-state index is 0.00764. The summed E-state index contributed by atoms with van der Waals surface area (Å²) < 4.78 is 0. The minimum atomic E-state index is -1.28. The number of nitro benzene ring substituents is 2. The van der Waals surface area contributed by atoms with Crippen LogP contribution in [0.1, 0.15) is 60.9 Å². The molecule has 0 bridgehead atoms. The molecule has 21 nitrogen and oxygen atoms in total. The first-order chi connectivity index (χ1) is 28.7. The molecule has 3 aromatic rings. The van der Waals surface area contributed by atoms with Crippen molar-refractivity contribution in [1.29, 1.82) is 0 Å². The number of rotatable bonds is 22. The lowest BCUT2D eigenvalue weighted by Gasteiger charge is -2.29. The number of hydrogen-bond donors (Lipinski definition) is 8. The number of nitro groups is 2. The number of carboxylic acids is 1. The molecule has 0 radical (unpaired) electrons. The van der Waals surface area contributed by atoms with Crippen LogP contribution in [0, 0.1) is 20.2 Å². The molecule has 1 heterocycles. The number of hydrogen-bond acceptors (Lipinski definition) is 12. The number of nitrogens with zero attached hydrogens (tertiary/aromatic N) is 4. The molecule has 3 aromatic carbocycles. The number of anilines is 2. The Bertz CT molecular complexity index is 2060. The number of aliphatic imine (C=N–C) groups is 1. The lowest BCUT2D eigenvalue weighted by atomic mass is 10.0. The van der Waals surface area contributed by atoms with Crippen LogP contribution >= 0.6 is 0 Å². The quantitative estimate of drug-likeness (QED) is 0.0179. The van der Waals surface area contributed by atoms with Crippen LogP contribution in [-0.2, 0) is 25.6 Å². The van der Waals surface area contributed by atoms with E-state index < -0.39 is 75.0 Å². The van der Waals surface area contributed by atoms with Gasteiger partial charge in [-0.05, 0) is 68.7 Å². The molecule has 1 fully saturated rings. The van der Waals surface area contributed by atoms with E-state index in [0.717, 1.165) is 12.1 Å². The van der Waals surface area contributed by atoms with Crippen LogP contribution in [-0.4, -0.2) is 99.2 Å².